The van der Waals surface area contributed by atoms with Gasteiger partial charge in [0, 0.05) is 14.9 Å². The molecule has 3 heterocycles. The molecular weight excluding hydrogens is 448 g/mol. The van der Waals surface area contributed by atoms with E-state index >= 15 is 0 Å². The molecule has 6 heteroatoms. The minimum Gasteiger partial charge on any atom is -0.506 e. The van der Waals surface area contributed by atoms with Gasteiger partial charge in [-0.3, -0.25) is 4.79 Å². The fourth-order valence-corrected chi connectivity index (χ4v) is 5.53. The molecule has 2 aromatic carbocycles. The summed E-state index contributed by atoms with van der Waals surface area (Å²) in [4.78, 5) is 19.4. The smallest absolute Gasteiger partial charge is 0.282 e. The molecule has 144 valence electrons. The van der Waals surface area contributed by atoms with Gasteiger partial charge in [-0.15, -0.1) is 11.3 Å². The number of nitrogens with zero attached hydrogens (tertiary/aromatic N) is 2. The van der Waals surface area contributed by atoms with Gasteiger partial charge >= 0.3 is 0 Å². The molecule has 1 aliphatic heterocycles. The van der Waals surface area contributed by atoms with Gasteiger partial charge in [0.2, 0.25) is 0 Å². The molecule has 0 unspecified atom stereocenters. The zero-order chi connectivity index (χ0) is 20.3. The highest BCUT2D eigenvalue weighted by Crippen LogP contribution is 2.40. The van der Waals surface area contributed by atoms with Gasteiger partial charge < -0.3 is 9.67 Å². The molecule has 5 rings (SSSR count). The third kappa shape index (κ3) is 2.70. The number of hydrogen-bond acceptors (Lipinski definition) is 4. The molecule has 0 aliphatic carbocycles. The Hall–Kier alpha value is -2.70. The van der Waals surface area contributed by atoms with E-state index in [0.717, 1.165) is 30.9 Å². The number of thiophene rings is 1. The third-order valence-corrected chi connectivity index (χ3v) is 7.42. The van der Waals surface area contributed by atoms with Crippen LogP contribution in [0.2, 0.25) is 0 Å². The maximum Gasteiger partial charge on any atom is 0.282 e. The fourth-order valence-electron chi connectivity index (χ4n) is 3.91. The van der Waals surface area contributed by atoms with Crippen LogP contribution in [-0.2, 0) is 6.54 Å². The minimum atomic E-state index is -0.245. The molecule has 29 heavy (non-hydrogen) atoms. The SMILES string of the molecule is Cc1sc2c(c1C)c(=O)nc1n2Cc2ccccc2/C1=C(/O)c1ccccc1Br. The van der Waals surface area contributed by atoms with E-state index in [1.807, 2.05) is 56.3 Å². The molecule has 2 aromatic heterocycles. The summed E-state index contributed by atoms with van der Waals surface area (Å²) < 4.78 is 2.84. The van der Waals surface area contributed by atoms with Crippen molar-refractivity contribution in [2.24, 2.45) is 0 Å². The lowest BCUT2D eigenvalue weighted by Gasteiger charge is -2.25. The van der Waals surface area contributed by atoms with E-state index in [1.165, 1.54) is 0 Å². The van der Waals surface area contributed by atoms with Crippen LogP contribution in [0.5, 0.6) is 0 Å². The van der Waals surface area contributed by atoms with Gasteiger partial charge in [-0.1, -0.05) is 58.4 Å². The van der Waals surface area contributed by atoms with Crippen molar-refractivity contribution < 1.29 is 5.11 Å². The van der Waals surface area contributed by atoms with E-state index in [-0.39, 0.29) is 11.3 Å². The van der Waals surface area contributed by atoms with Crippen molar-refractivity contribution >= 4 is 48.8 Å². The molecule has 0 fully saturated rings. The number of aromatic nitrogens is 2. The molecule has 1 aliphatic rings. The van der Waals surface area contributed by atoms with E-state index in [9.17, 15) is 9.90 Å². The van der Waals surface area contributed by atoms with Crippen molar-refractivity contribution in [1.82, 2.24) is 9.55 Å². The number of benzene rings is 2. The monoisotopic (exact) mass is 464 g/mol. The summed E-state index contributed by atoms with van der Waals surface area (Å²) in [6.07, 6.45) is 0. The first-order valence-corrected chi connectivity index (χ1v) is 10.9. The summed E-state index contributed by atoms with van der Waals surface area (Å²) in [5, 5.41) is 12.0. The first-order chi connectivity index (χ1) is 14.0. The molecule has 0 saturated heterocycles. The second-order valence-corrected chi connectivity index (χ2v) is 9.21. The number of rotatable bonds is 1. The van der Waals surface area contributed by atoms with Crippen molar-refractivity contribution in [3.8, 4) is 0 Å². The van der Waals surface area contributed by atoms with Gasteiger partial charge in [0.25, 0.3) is 5.56 Å². The van der Waals surface area contributed by atoms with Crippen LogP contribution in [0.25, 0.3) is 21.5 Å². The molecule has 1 N–H and O–H groups in total. The van der Waals surface area contributed by atoms with Crippen LogP contribution in [0.4, 0.5) is 0 Å². The Bertz CT molecular complexity index is 1400. The van der Waals surface area contributed by atoms with Crippen LogP contribution >= 0.6 is 27.3 Å². The highest BCUT2D eigenvalue weighted by atomic mass is 79.9. The van der Waals surface area contributed by atoms with E-state index in [0.29, 0.717) is 28.9 Å². The number of hydrogen-bond donors (Lipinski definition) is 1. The highest BCUT2D eigenvalue weighted by molar-refractivity contribution is 9.10. The Kier molecular flexibility index (Phi) is 4.22. The summed E-state index contributed by atoms with van der Waals surface area (Å²) in [6.45, 7) is 4.61. The van der Waals surface area contributed by atoms with Crippen LogP contribution in [0.15, 0.2) is 57.8 Å². The van der Waals surface area contributed by atoms with Gasteiger partial charge in [-0.25, -0.2) is 0 Å². The molecule has 0 radical (unpaired) electrons. The molecule has 0 amide bonds. The van der Waals surface area contributed by atoms with Gasteiger partial charge in [-0.2, -0.15) is 4.98 Å². The van der Waals surface area contributed by atoms with Crippen molar-refractivity contribution in [3.05, 3.63) is 96.3 Å². The summed E-state index contributed by atoms with van der Waals surface area (Å²) in [6, 6.07) is 15.5. The fraction of sp³-hybridized carbons (Fsp3) is 0.130. The maximum atomic E-state index is 12.9. The van der Waals surface area contributed by atoms with Crippen LogP contribution in [-0.4, -0.2) is 14.7 Å². The van der Waals surface area contributed by atoms with Crippen LogP contribution < -0.4 is 5.56 Å². The molecule has 0 saturated carbocycles. The maximum absolute atomic E-state index is 12.9. The normalized spacial score (nSPS) is 14.6. The quantitative estimate of drug-likeness (QED) is 0.325. The average Bonchev–Trinajstić information content (AvgIpc) is 3.02. The Balaban J connectivity index is 1.93. The number of aliphatic hydroxyl groups excluding tert-OH is 1. The van der Waals surface area contributed by atoms with E-state index < -0.39 is 0 Å². The topological polar surface area (TPSA) is 55.1 Å². The van der Waals surface area contributed by atoms with Crippen LogP contribution in [0, 0.1) is 13.8 Å². The van der Waals surface area contributed by atoms with Gasteiger partial charge in [0.05, 0.1) is 17.5 Å². The lowest BCUT2D eigenvalue weighted by Crippen LogP contribution is -2.23. The summed E-state index contributed by atoms with van der Waals surface area (Å²) in [5.74, 6) is 0.616. The van der Waals surface area contributed by atoms with Crippen molar-refractivity contribution in [2.75, 3.05) is 0 Å². The Labute approximate surface area is 179 Å². The first-order valence-electron chi connectivity index (χ1n) is 9.24. The van der Waals surface area contributed by atoms with Crippen LogP contribution in [0.3, 0.4) is 0 Å². The predicted molar refractivity (Wildman–Crippen MR) is 122 cm³/mol. The first kappa shape index (κ1) is 18.3. The second-order valence-electron chi connectivity index (χ2n) is 7.15. The molecule has 0 bridgehead atoms. The van der Waals surface area contributed by atoms with Crippen molar-refractivity contribution in [1.29, 1.82) is 0 Å². The van der Waals surface area contributed by atoms with E-state index in [4.69, 9.17) is 0 Å². The number of aryl methyl sites for hydroxylation is 2. The standard InChI is InChI=1S/C23H17BrN2O2S/c1-12-13(2)29-23-18(12)22(28)25-21-19(20(27)16-9-5-6-10-17(16)24)15-8-4-3-7-14(15)11-26(21)23/h3-10,27H,11H2,1-2H3/b20-19-. The van der Waals surface area contributed by atoms with Crippen molar-refractivity contribution in [2.45, 2.75) is 20.4 Å². The van der Waals surface area contributed by atoms with Gasteiger partial charge in [-0.05, 0) is 36.6 Å². The molecule has 4 aromatic rings. The molecule has 0 atom stereocenters. The number of aliphatic hydroxyl groups is 1. The van der Waals surface area contributed by atoms with E-state index in [2.05, 4.69) is 31.5 Å². The molecule has 0 spiro atoms. The summed E-state index contributed by atoms with van der Waals surface area (Å²) >= 11 is 5.13. The Morgan fingerprint density at radius 3 is 2.66 bits per heavy atom. The Morgan fingerprint density at radius 1 is 1.14 bits per heavy atom. The molecular formula is C23H17BrN2O2S. The second kappa shape index (κ2) is 6.68. The number of fused-ring (bicyclic) bond motifs is 4. The minimum absolute atomic E-state index is 0.106. The van der Waals surface area contributed by atoms with Gasteiger partial charge in [0.1, 0.15) is 16.4 Å². The van der Waals surface area contributed by atoms with Crippen molar-refractivity contribution in [3.63, 3.8) is 0 Å². The van der Waals surface area contributed by atoms with E-state index in [1.54, 1.807) is 11.3 Å². The molecule has 4 nitrogen and oxygen atoms in total. The third-order valence-electron chi connectivity index (χ3n) is 5.49. The van der Waals surface area contributed by atoms with Gasteiger partial charge in [0.15, 0.2) is 0 Å². The number of halogens is 1. The summed E-state index contributed by atoms with van der Waals surface area (Å²) in [5.41, 5.74) is 3.98. The zero-order valence-corrected chi connectivity index (χ0v) is 18.3. The Morgan fingerprint density at radius 2 is 1.86 bits per heavy atom. The highest BCUT2D eigenvalue weighted by Gasteiger charge is 2.28. The van der Waals surface area contributed by atoms with Crippen LogP contribution in [0.1, 0.15) is 33.0 Å². The predicted octanol–water partition coefficient (Wildman–Crippen LogP) is 5.67. The largest absolute Gasteiger partial charge is 0.506 e. The average molecular weight is 465 g/mol. The lowest BCUT2D eigenvalue weighted by atomic mass is 9.92. The summed E-state index contributed by atoms with van der Waals surface area (Å²) in [7, 11) is 0. The lowest BCUT2D eigenvalue weighted by molar-refractivity contribution is 0.512. The zero-order valence-electron chi connectivity index (χ0n) is 15.9.